The summed E-state index contributed by atoms with van der Waals surface area (Å²) in [6.45, 7) is -0.185. The van der Waals surface area contributed by atoms with Gasteiger partial charge in [0.05, 0.1) is 24.2 Å². The summed E-state index contributed by atoms with van der Waals surface area (Å²) in [6.07, 6.45) is 6.42. The lowest BCUT2D eigenvalue weighted by Gasteiger charge is -2.35. The number of carboxylic acids is 2. The van der Waals surface area contributed by atoms with Gasteiger partial charge in [-0.25, -0.2) is 4.98 Å². The summed E-state index contributed by atoms with van der Waals surface area (Å²) in [5.41, 5.74) is 5.38. The lowest BCUT2D eigenvalue weighted by atomic mass is 9.79. The average Bonchev–Trinajstić information content (AvgIpc) is 3.20. The number of nitrogens with zero attached hydrogens (tertiary/aromatic N) is 4. The molecule has 3 atom stereocenters. The van der Waals surface area contributed by atoms with E-state index < -0.39 is 29.8 Å². The minimum absolute atomic E-state index is 0.00310. The third-order valence-corrected chi connectivity index (χ3v) is 5.54. The number of aliphatic carboxylic acids is 2. The predicted molar refractivity (Wildman–Crippen MR) is 102 cm³/mol. The van der Waals surface area contributed by atoms with Crippen LogP contribution >= 0.6 is 0 Å². The van der Waals surface area contributed by atoms with Gasteiger partial charge in [-0.15, -0.1) is 0 Å². The zero-order valence-corrected chi connectivity index (χ0v) is 15.5. The van der Waals surface area contributed by atoms with E-state index in [2.05, 4.69) is 20.3 Å². The Morgan fingerprint density at radius 1 is 1.34 bits per heavy atom. The van der Waals surface area contributed by atoms with E-state index in [1.165, 1.54) is 6.33 Å². The highest BCUT2D eigenvalue weighted by Crippen LogP contribution is 2.44. The van der Waals surface area contributed by atoms with Gasteiger partial charge in [-0.3, -0.25) is 9.59 Å². The first kappa shape index (κ1) is 19.1. The van der Waals surface area contributed by atoms with Crippen molar-refractivity contribution >= 4 is 34.9 Å². The molecule has 154 valence electrons. The molecular formula is C18H22N6O5. The second-order valence-electron chi connectivity index (χ2n) is 7.62. The molecule has 11 heteroatoms. The summed E-state index contributed by atoms with van der Waals surface area (Å²) < 4.78 is 1.56. The molecule has 29 heavy (non-hydrogen) atoms. The minimum Gasteiger partial charge on any atom is -0.481 e. The molecule has 1 unspecified atom stereocenters. The van der Waals surface area contributed by atoms with E-state index in [1.54, 1.807) is 16.7 Å². The first-order valence-corrected chi connectivity index (χ1v) is 9.36. The van der Waals surface area contributed by atoms with Crippen LogP contribution in [0.4, 0.5) is 11.8 Å². The number of hydrogen-bond donors (Lipinski definition) is 5. The fourth-order valence-electron chi connectivity index (χ4n) is 3.98. The molecule has 0 bridgehead atoms. The molecule has 0 saturated heterocycles. The van der Waals surface area contributed by atoms with Gasteiger partial charge >= 0.3 is 11.9 Å². The molecular weight excluding hydrogens is 380 g/mol. The Morgan fingerprint density at radius 3 is 2.69 bits per heavy atom. The van der Waals surface area contributed by atoms with Crippen LogP contribution in [0.5, 0.6) is 0 Å². The number of carbonyl (C=O) groups is 2. The molecule has 1 saturated carbocycles. The summed E-state index contributed by atoms with van der Waals surface area (Å²) in [4.78, 5) is 36.4. The van der Waals surface area contributed by atoms with Crippen LogP contribution in [0, 0.1) is 11.8 Å². The number of imidazole rings is 1. The molecule has 0 spiro atoms. The summed E-state index contributed by atoms with van der Waals surface area (Å²) in [7, 11) is 0. The van der Waals surface area contributed by atoms with Crippen molar-refractivity contribution in [1.82, 2.24) is 19.5 Å². The van der Waals surface area contributed by atoms with Gasteiger partial charge in [0.25, 0.3) is 0 Å². The van der Waals surface area contributed by atoms with Gasteiger partial charge in [0.1, 0.15) is 0 Å². The van der Waals surface area contributed by atoms with E-state index in [-0.39, 0.29) is 30.9 Å². The second-order valence-corrected chi connectivity index (χ2v) is 7.62. The fourth-order valence-corrected chi connectivity index (χ4v) is 3.98. The molecule has 0 aromatic carbocycles. The van der Waals surface area contributed by atoms with E-state index >= 15 is 0 Å². The molecule has 2 aromatic rings. The molecule has 6 N–H and O–H groups in total. The van der Waals surface area contributed by atoms with Crippen molar-refractivity contribution < 1.29 is 24.9 Å². The lowest BCUT2D eigenvalue weighted by Crippen LogP contribution is -2.44. The van der Waals surface area contributed by atoms with Crippen LogP contribution in [0.2, 0.25) is 0 Å². The Balaban J connectivity index is 1.88. The van der Waals surface area contributed by atoms with Crippen LogP contribution in [0.3, 0.4) is 0 Å². The van der Waals surface area contributed by atoms with E-state index in [4.69, 9.17) is 5.73 Å². The number of nitrogens with one attached hydrogen (secondary N) is 1. The molecule has 4 rings (SSSR count). The highest BCUT2D eigenvalue weighted by atomic mass is 16.4. The first-order chi connectivity index (χ1) is 13.8. The van der Waals surface area contributed by atoms with Gasteiger partial charge in [0, 0.05) is 18.6 Å². The predicted octanol–water partition coefficient (Wildman–Crippen LogP) is 0.422. The number of carboxylic acid groups (broad SMARTS) is 2. The Morgan fingerprint density at radius 2 is 2.10 bits per heavy atom. The Labute approximate surface area is 165 Å². The zero-order valence-electron chi connectivity index (χ0n) is 15.5. The number of rotatable bonds is 8. The number of allylic oxidation sites excluding steroid dienone is 1. The summed E-state index contributed by atoms with van der Waals surface area (Å²) >= 11 is 0. The fraction of sp³-hybridized carbons (Fsp3) is 0.500. The van der Waals surface area contributed by atoms with Crippen LogP contribution in [-0.2, 0) is 15.1 Å². The van der Waals surface area contributed by atoms with Gasteiger partial charge in [0.15, 0.2) is 17.0 Å². The number of aliphatic hydroxyl groups excluding tert-OH is 1. The number of nitrogens with two attached hydrogens (primary N) is 1. The smallest absolute Gasteiger partial charge is 0.309 e. The highest BCUT2D eigenvalue weighted by Gasteiger charge is 2.48. The number of anilines is 2. The maximum Gasteiger partial charge on any atom is 0.309 e. The van der Waals surface area contributed by atoms with Gasteiger partial charge < -0.3 is 30.9 Å². The largest absolute Gasteiger partial charge is 0.481 e. The Kier molecular flexibility index (Phi) is 4.61. The average molecular weight is 402 g/mol. The normalized spacial score (nSPS) is 24.7. The minimum atomic E-state index is -1.29. The first-order valence-electron chi connectivity index (χ1n) is 9.36. The maximum atomic E-state index is 12.1. The number of aliphatic hydroxyl groups is 1. The molecule has 2 aromatic heterocycles. The van der Waals surface area contributed by atoms with E-state index in [0.29, 0.717) is 17.0 Å². The van der Waals surface area contributed by atoms with Crippen molar-refractivity contribution in [1.29, 1.82) is 0 Å². The maximum absolute atomic E-state index is 12.1. The van der Waals surface area contributed by atoms with Gasteiger partial charge in [-0.05, 0) is 19.3 Å². The van der Waals surface area contributed by atoms with Crippen molar-refractivity contribution in [2.45, 2.75) is 37.3 Å². The van der Waals surface area contributed by atoms with E-state index in [9.17, 15) is 24.9 Å². The molecule has 2 heterocycles. The third-order valence-electron chi connectivity index (χ3n) is 5.54. The van der Waals surface area contributed by atoms with Crippen LogP contribution in [0.25, 0.3) is 11.2 Å². The molecule has 0 aliphatic heterocycles. The van der Waals surface area contributed by atoms with Gasteiger partial charge in [-0.1, -0.05) is 12.2 Å². The molecule has 2 aliphatic rings. The summed E-state index contributed by atoms with van der Waals surface area (Å²) in [5.74, 6) is -3.62. The van der Waals surface area contributed by atoms with Crippen LogP contribution < -0.4 is 11.1 Å². The highest BCUT2D eigenvalue weighted by molar-refractivity contribution is 5.85. The second kappa shape index (κ2) is 6.99. The quantitative estimate of drug-likeness (QED) is 0.389. The summed E-state index contributed by atoms with van der Waals surface area (Å²) in [6, 6.07) is 0.288. The lowest BCUT2D eigenvalue weighted by molar-refractivity contribution is -0.151. The zero-order chi connectivity index (χ0) is 20.8. The van der Waals surface area contributed by atoms with Crippen molar-refractivity contribution in [2.75, 3.05) is 17.7 Å². The Bertz CT molecular complexity index is 1000. The van der Waals surface area contributed by atoms with Crippen molar-refractivity contribution in [2.24, 2.45) is 11.8 Å². The third kappa shape index (κ3) is 3.37. The van der Waals surface area contributed by atoms with E-state index in [1.807, 2.05) is 0 Å². The SMILES string of the molecule is Nc1nc(NC2CC2)c2ncn([C@@]3(C(CC(=O)O)C(=O)O)C=C[C@@H](CO)C3)c2n1. The number of nitrogen functional groups attached to an aromatic ring is 1. The van der Waals surface area contributed by atoms with E-state index in [0.717, 1.165) is 12.8 Å². The van der Waals surface area contributed by atoms with Crippen molar-refractivity contribution in [3.63, 3.8) is 0 Å². The Hall–Kier alpha value is -3.21. The molecule has 0 amide bonds. The van der Waals surface area contributed by atoms with Crippen LogP contribution in [-0.4, -0.2) is 59.4 Å². The van der Waals surface area contributed by atoms with Gasteiger partial charge in [-0.2, -0.15) is 9.97 Å². The van der Waals surface area contributed by atoms with Crippen molar-refractivity contribution in [3.05, 3.63) is 18.5 Å². The number of hydrogen-bond acceptors (Lipinski definition) is 8. The monoisotopic (exact) mass is 402 g/mol. The molecule has 11 nitrogen and oxygen atoms in total. The topological polar surface area (TPSA) is 176 Å². The molecule has 2 aliphatic carbocycles. The van der Waals surface area contributed by atoms with Gasteiger partial charge in [0.2, 0.25) is 5.95 Å². The molecule has 0 radical (unpaired) electrons. The number of fused-ring (bicyclic) bond motifs is 1. The van der Waals surface area contributed by atoms with Crippen LogP contribution in [0.15, 0.2) is 18.5 Å². The van der Waals surface area contributed by atoms with Crippen molar-refractivity contribution in [3.8, 4) is 0 Å². The van der Waals surface area contributed by atoms with Crippen LogP contribution in [0.1, 0.15) is 25.7 Å². The summed E-state index contributed by atoms with van der Waals surface area (Å²) in [5, 5.41) is 32.0. The number of aromatic nitrogens is 4. The standard InChI is InChI=1S/C18H22N6O5/c19-17-22-14(21-10-1-2-10)13-15(23-17)24(8-20-13)18(4-3-9(6-18)7-25)11(16(28)29)5-12(26)27/h3-4,8-11,25H,1-2,5-7H2,(H,26,27)(H,28,29)(H3,19,21,22,23)/t9-,11?,18+/m1/s1. The molecule has 1 fully saturated rings.